The van der Waals surface area contributed by atoms with E-state index in [0.29, 0.717) is 47.2 Å². The van der Waals surface area contributed by atoms with Crippen LogP contribution in [-0.4, -0.2) is 32.1 Å². The second kappa shape index (κ2) is 11.8. The molecular formula is C31H25ClN4O3. The summed E-state index contributed by atoms with van der Waals surface area (Å²) in [7, 11) is 0. The van der Waals surface area contributed by atoms with Crippen LogP contribution in [0.15, 0.2) is 115 Å². The molecule has 0 radical (unpaired) electrons. The highest BCUT2D eigenvalue weighted by Crippen LogP contribution is 2.26. The fourth-order valence-electron chi connectivity index (χ4n) is 4.36. The fraction of sp³-hybridized carbons (Fsp3) is 0.0968. The van der Waals surface area contributed by atoms with Crippen molar-refractivity contribution in [1.29, 1.82) is 0 Å². The average molecular weight is 537 g/mol. The smallest absolute Gasteiger partial charge is 0.272 e. The minimum Gasteiger partial charge on any atom is -0.333 e. The number of non-ortho nitro benzene ring substituents is 1. The van der Waals surface area contributed by atoms with Crippen molar-refractivity contribution in [1.82, 2.24) is 14.7 Å². The molecule has 39 heavy (non-hydrogen) atoms. The van der Waals surface area contributed by atoms with Gasteiger partial charge in [-0.15, -0.1) is 0 Å². The van der Waals surface area contributed by atoms with Crippen molar-refractivity contribution in [2.24, 2.45) is 0 Å². The Hall–Kier alpha value is -4.75. The van der Waals surface area contributed by atoms with Crippen LogP contribution in [0.1, 0.15) is 21.6 Å². The van der Waals surface area contributed by atoms with Crippen LogP contribution >= 0.6 is 11.6 Å². The maximum atomic E-state index is 14.2. The van der Waals surface area contributed by atoms with Gasteiger partial charge in [-0.1, -0.05) is 78.3 Å². The first-order chi connectivity index (χ1) is 19.0. The average Bonchev–Trinajstić information content (AvgIpc) is 3.42. The number of carbonyl (C=O) groups excluding carboxylic acids is 1. The van der Waals surface area contributed by atoms with Gasteiger partial charge in [0.25, 0.3) is 11.6 Å². The van der Waals surface area contributed by atoms with Crippen molar-refractivity contribution < 1.29 is 9.72 Å². The number of aromatic nitrogens is 2. The molecule has 1 heterocycles. The zero-order chi connectivity index (χ0) is 27.2. The van der Waals surface area contributed by atoms with E-state index in [1.807, 2.05) is 71.6 Å². The van der Waals surface area contributed by atoms with Crippen LogP contribution < -0.4 is 0 Å². The lowest BCUT2D eigenvalue weighted by atomic mass is 10.1. The summed E-state index contributed by atoms with van der Waals surface area (Å²) in [6.45, 7) is 0.936. The summed E-state index contributed by atoms with van der Waals surface area (Å²) in [5.74, 6) is -0.185. The summed E-state index contributed by atoms with van der Waals surface area (Å²) in [5.41, 5.74) is 4.34. The van der Waals surface area contributed by atoms with Crippen LogP contribution in [-0.2, 0) is 13.0 Å². The number of nitro groups is 1. The highest BCUT2D eigenvalue weighted by Gasteiger charge is 2.24. The van der Waals surface area contributed by atoms with Crippen LogP contribution in [0.5, 0.6) is 0 Å². The molecule has 0 spiro atoms. The number of halogens is 1. The molecule has 5 aromatic rings. The Labute approximate surface area is 231 Å². The number of rotatable bonds is 9. The first-order valence-corrected chi connectivity index (χ1v) is 12.8. The number of benzene rings is 4. The van der Waals surface area contributed by atoms with Gasteiger partial charge in [0.2, 0.25) is 0 Å². The van der Waals surface area contributed by atoms with E-state index in [1.165, 1.54) is 12.1 Å². The van der Waals surface area contributed by atoms with Crippen LogP contribution in [0.3, 0.4) is 0 Å². The molecule has 194 valence electrons. The number of amides is 1. The lowest BCUT2D eigenvalue weighted by molar-refractivity contribution is -0.384. The van der Waals surface area contributed by atoms with Crippen LogP contribution in [0.4, 0.5) is 5.69 Å². The summed E-state index contributed by atoms with van der Waals surface area (Å²) < 4.78 is 1.59. The molecule has 0 fully saturated rings. The summed E-state index contributed by atoms with van der Waals surface area (Å²) in [6.07, 6.45) is 0.694. The van der Waals surface area contributed by atoms with Gasteiger partial charge in [-0.3, -0.25) is 14.9 Å². The van der Waals surface area contributed by atoms with E-state index in [-0.39, 0.29) is 11.6 Å². The van der Waals surface area contributed by atoms with Crippen LogP contribution in [0.2, 0.25) is 5.02 Å². The van der Waals surface area contributed by atoms with Gasteiger partial charge in [0.05, 0.1) is 16.3 Å². The van der Waals surface area contributed by atoms with Gasteiger partial charge in [-0.25, -0.2) is 4.68 Å². The largest absolute Gasteiger partial charge is 0.333 e. The van der Waals surface area contributed by atoms with Crippen molar-refractivity contribution in [3.05, 3.63) is 147 Å². The molecule has 7 nitrogen and oxygen atoms in total. The molecule has 0 unspecified atom stereocenters. The van der Waals surface area contributed by atoms with Crippen LogP contribution in [0.25, 0.3) is 16.9 Å². The molecule has 4 aromatic carbocycles. The van der Waals surface area contributed by atoms with Crippen molar-refractivity contribution in [2.45, 2.75) is 13.0 Å². The van der Waals surface area contributed by atoms with Gasteiger partial charge in [0.15, 0.2) is 0 Å². The van der Waals surface area contributed by atoms with Crippen molar-refractivity contribution in [3.63, 3.8) is 0 Å². The molecule has 1 aromatic heterocycles. The third-order valence-electron chi connectivity index (χ3n) is 6.37. The number of nitrogens with zero attached hydrogens (tertiary/aromatic N) is 4. The molecule has 0 saturated heterocycles. The monoisotopic (exact) mass is 536 g/mol. The molecule has 0 aliphatic carbocycles. The first-order valence-electron chi connectivity index (χ1n) is 12.5. The summed E-state index contributed by atoms with van der Waals surface area (Å²) in [4.78, 5) is 26.7. The Balaban J connectivity index is 1.54. The molecule has 0 bridgehead atoms. The fourth-order valence-corrected chi connectivity index (χ4v) is 4.54. The van der Waals surface area contributed by atoms with Gasteiger partial charge in [-0.2, -0.15) is 5.10 Å². The van der Waals surface area contributed by atoms with Gasteiger partial charge in [0.1, 0.15) is 5.69 Å². The molecule has 0 N–H and O–H groups in total. The summed E-state index contributed by atoms with van der Waals surface area (Å²) >= 11 is 6.28. The molecule has 5 rings (SSSR count). The van der Waals surface area contributed by atoms with E-state index in [1.54, 1.807) is 41.1 Å². The molecular weight excluding hydrogens is 512 g/mol. The first kappa shape index (κ1) is 25.9. The third-order valence-corrected chi connectivity index (χ3v) is 6.61. The van der Waals surface area contributed by atoms with Gasteiger partial charge in [-0.05, 0) is 53.9 Å². The van der Waals surface area contributed by atoms with E-state index in [4.69, 9.17) is 16.7 Å². The number of nitro benzene ring substituents is 1. The Morgan fingerprint density at radius 2 is 1.51 bits per heavy atom. The van der Waals surface area contributed by atoms with Crippen molar-refractivity contribution in [2.75, 3.05) is 6.54 Å². The lowest BCUT2D eigenvalue weighted by Crippen LogP contribution is -2.34. The Morgan fingerprint density at radius 1 is 0.846 bits per heavy atom. The zero-order valence-corrected chi connectivity index (χ0v) is 21.7. The molecule has 8 heteroatoms. The molecule has 0 saturated carbocycles. The minimum absolute atomic E-state index is 0.0146. The molecule has 1 amide bonds. The summed E-state index contributed by atoms with van der Waals surface area (Å²) in [6, 6.07) is 34.9. The van der Waals surface area contributed by atoms with Gasteiger partial charge >= 0.3 is 0 Å². The van der Waals surface area contributed by atoms with Crippen molar-refractivity contribution >= 4 is 23.2 Å². The van der Waals surface area contributed by atoms with Crippen LogP contribution in [0, 0.1) is 10.1 Å². The minimum atomic E-state index is -0.447. The topological polar surface area (TPSA) is 81.3 Å². The highest BCUT2D eigenvalue weighted by atomic mass is 35.5. The van der Waals surface area contributed by atoms with E-state index in [0.717, 1.165) is 11.1 Å². The number of hydrogen-bond donors (Lipinski definition) is 0. The number of hydrogen-bond acceptors (Lipinski definition) is 4. The van der Waals surface area contributed by atoms with Crippen molar-refractivity contribution in [3.8, 4) is 16.9 Å². The molecule has 0 aliphatic heterocycles. The van der Waals surface area contributed by atoms with E-state index < -0.39 is 4.92 Å². The maximum Gasteiger partial charge on any atom is 0.272 e. The SMILES string of the molecule is O=C(c1cc(-c2ccc([N+](=O)[O-])cc2)nn1-c1cccc(Cl)c1)N(CCc1ccccc1)Cc1ccccc1. The quantitative estimate of drug-likeness (QED) is 0.150. The predicted octanol–water partition coefficient (Wildman–Crippen LogP) is 6.99. The maximum absolute atomic E-state index is 14.2. The standard InChI is InChI=1S/C31H25ClN4O3/c32-26-12-7-13-28(20-26)35-30(21-29(33-35)25-14-16-27(17-15-25)36(38)39)31(37)34(22-24-10-5-2-6-11-24)19-18-23-8-3-1-4-9-23/h1-17,20-21H,18-19,22H2. The van der Waals surface area contributed by atoms with E-state index in [9.17, 15) is 14.9 Å². The third kappa shape index (κ3) is 6.22. The Bertz CT molecular complexity index is 1590. The summed E-state index contributed by atoms with van der Waals surface area (Å²) in [5, 5.41) is 16.4. The zero-order valence-electron chi connectivity index (χ0n) is 21.0. The Morgan fingerprint density at radius 3 is 2.15 bits per heavy atom. The van der Waals surface area contributed by atoms with E-state index >= 15 is 0 Å². The number of carbonyl (C=O) groups is 1. The Kier molecular flexibility index (Phi) is 7.80. The second-order valence-corrected chi connectivity index (χ2v) is 9.49. The highest BCUT2D eigenvalue weighted by molar-refractivity contribution is 6.30. The van der Waals surface area contributed by atoms with Gasteiger partial charge < -0.3 is 4.90 Å². The second-order valence-electron chi connectivity index (χ2n) is 9.06. The lowest BCUT2D eigenvalue weighted by Gasteiger charge is -2.23. The van der Waals surface area contributed by atoms with E-state index in [2.05, 4.69) is 0 Å². The molecule has 0 aliphatic rings. The predicted molar refractivity (Wildman–Crippen MR) is 152 cm³/mol. The van der Waals surface area contributed by atoms with Gasteiger partial charge in [0, 0.05) is 35.8 Å². The molecule has 0 atom stereocenters. The normalized spacial score (nSPS) is 10.8.